The zero-order chi connectivity index (χ0) is 23.8. The highest BCUT2D eigenvalue weighted by Crippen LogP contribution is 2.37. The molecule has 1 amide bonds. The molecule has 2 fully saturated rings. The number of thiophene rings is 1. The van der Waals surface area contributed by atoms with Crippen LogP contribution in [0.2, 0.25) is 0 Å². The number of imidazole rings is 1. The number of hydrogen-bond acceptors (Lipinski definition) is 4. The molecule has 5 nitrogen and oxygen atoms in total. The molecule has 0 N–H and O–H groups in total. The Balaban J connectivity index is 1.16. The molecule has 2 aliphatic rings. The van der Waals surface area contributed by atoms with Gasteiger partial charge in [-0.05, 0) is 90.0 Å². The maximum atomic E-state index is 13.6. The molecule has 180 valence electrons. The van der Waals surface area contributed by atoms with Crippen LogP contribution in [-0.2, 0) is 0 Å². The number of piperidine rings is 1. The van der Waals surface area contributed by atoms with E-state index in [4.69, 9.17) is 0 Å². The summed E-state index contributed by atoms with van der Waals surface area (Å²) in [5.41, 5.74) is 3.97. The summed E-state index contributed by atoms with van der Waals surface area (Å²) in [5.74, 6) is 1.14. The van der Waals surface area contributed by atoms with Crippen molar-refractivity contribution >= 4 is 22.9 Å². The van der Waals surface area contributed by atoms with Crippen LogP contribution in [0.15, 0.2) is 71.8 Å². The molecule has 4 aromatic rings. The van der Waals surface area contributed by atoms with Crippen LogP contribution in [0.3, 0.4) is 0 Å². The molecular weight excluding hydrogens is 459 g/mol. The van der Waals surface area contributed by atoms with E-state index in [9.17, 15) is 9.18 Å². The first kappa shape index (κ1) is 22.4. The van der Waals surface area contributed by atoms with Crippen LogP contribution in [0.1, 0.15) is 46.2 Å². The van der Waals surface area contributed by atoms with E-state index < -0.39 is 0 Å². The van der Waals surface area contributed by atoms with E-state index in [1.807, 2.05) is 46.0 Å². The van der Waals surface area contributed by atoms with Gasteiger partial charge in [0.1, 0.15) is 11.5 Å². The van der Waals surface area contributed by atoms with Gasteiger partial charge >= 0.3 is 0 Å². The SMILES string of the molecule is O=C(c1cccn2ccnc12)N1CC(CN2CCC(c3ccc(F)cc3)CC2)C(c2ccsc2)C1. The van der Waals surface area contributed by atoms with Gasteiger partial charge in [0.2, 0.25) is 0 Å². The van der Waals surface area contributed by atoms with Gasteiger partial charge in [-0.2, -0.15) is 11.3 Å². The quantitative estimate of drug-likeness (QED) is 0.384. The highest BCUT2D eigenvalue weighted by Gasteiger charge is 2.38. The van der Waals surface area contributed by atoms with E-state index >= 15 is 0 Å². The molecule has 5 heterocycles. The summed E-state index contributed by atoms with van der Waals surface area (Å²) in [6, 6.07) is 13.0. The van der Waals surface area contributed by atoms with Crippen molar-refractivity contribution in [2.45, 2.75) is 24.7 Å². The van der Waals surface area contributed by atoms with Crippen LogP contribution in [0.4, 0.5) is 4.39 Å². The van der Waals surface area contributed by atoms with Crippen molar-refractivity contribution in [3.63, 3.8) is 0 Å². The number of amides is 1. The first-order valence-corrected chi connectivity index (χ1v) is 13.3. The number of carbonyl (C=O) groups is 1. The molecule has 0 radical (unpaired) electrons. The predicted molar refractivity (Wildman–Crippen MR) is 136 cm³/mol. The van der Waals surface area contributed by atoms with Crippen molar-refractivity contribution < 1.29 is 9.18 Å². The molecule has 2 saturated heterocycles. The highest BCUT2D eigenvalue weighted by molar-refractivity contribution is 7.08. The lowest BCUT2D eigenvalue weighted by Crippen LogP contribution is -2.38. The average molecular weight is 489 g/mol. The van der Waals surface area contributed by atoms with Gasteiger partial charge in [-0.15, -0.1) is 0 Å². The first-order chi connectivity index (χ1) is 17.2. The molecule has 0 spiro atoms. The molecule has 2 unspecified atom stereocenters. The third kappa shape index (κ3) is 4.50. The second-order valence-electron chi connectivity index (χ2n) is 9.84. The lowest BCUT2D eigenvalue weighted by atomic mass is 9.87. The normalized spacial score (nSPS) is 21.7. The van der Waals surface area contributed by atoms with E-state index in [1.165, 1.54) is 11.1 Å². The van der Waals surface area contributed by atoms with Crippen molar-refractivity contribution in [3.8, 4) is 0 Å². The lowest BCUT2D eigenvalue weighted by Gasteiger charge is -2.34. The smallest absolute Gasteiger partial charge is 0.257 e. The van der Waals surface area contributed by atoms with Gasteiger partial charge in [0, 0.05) is 44.1 Å². The molecule has 0 saturated carbocycles. The topological polar surface area (TPSA) is 40.9 Å². The molecule has 3 aromatic heterocycles. The summed E-state index contributed by atoms with van der Waals surface area (Å²) < 4.78 is 15.2. The predicted octanol–water partition coefficient (Wildman–Crippen LogP) is 5.27. The Hall–Kier alpha value is -3.03. The van der Waals surface area contributed by atoms with Crippen molar-refractivity contribution in [1.29, 1.82) is 0 Å². The molecule has 35 heavy (non-hydrogen) atoms. The fourth-order valence-electron chi connectivity index (χ4n) is 5.89. The van der Waals surface area contributed by atoms with Crippen molar-refractivity contribution in [1.82, 2.24) is 19.2 Å². The largest absolute Gasteiger partial charge is 0.338 e. The number of benzene rings is 1. The fraction of sp³-hybridized carbons (Fsp3) is 0.357. The van der Waals surface area contributed by atoms with Crippen LogP contribution >= 0.6 is 11.3 Å². The van der Waals surface area contributed by atoms with E-state index in [-0.39, 0.29) is 11.7 Å². The summed E-state index contributed by atoms with van der Waals surface area (Å²) in [7, 11) is 0. The van der Waals surface area contributed by atoms with Gasteiger partial charge in [0.05, 0.1) is 5.56 Å². The van der Waals surface area contributed by atoms with Crippen LogP contribution < -0.4 is 0 Å². The Labute approximate surface area is 208 Å². The molecule has 1 aromatic carbocycles. The summed E-state index contributed by atoms with van der Waals surface area (Å²) in [5, 5.41) is 4.37. The molecule has 7 heteroatoms. The maximum Gasteiger partial charge on any atom is 0.257 e. The van der Waals surface area contributed by atoms with Crippen molar-refractivity contribution in [3.05, 3.63) is 94.3 Å². The molecule has 0 bridgehead atoms. The van der Waals surface area contributed by atoms with E-state index in [0.29, 0.717) is 23.3 Å². The number of nitrogens with zero attached hydrogens (tertiary/aromatic N) is 4. The van der Waals surface area contributed by atoms with Crippen molar-refractivity contribution in [2.24, 2.45) is 5.92 Å². The minimum Gasteiger partial charge on any atom is -0.338 e. The van der Waals surface area contributed by atoms with Crippen LogP contribution in [-0.4, -0.2) is 57.8 Å². The zero-order valence-electron chi connectivity index (χ0n) is 19.6. The summed E-state index contributed by atoms with van der Waals surface area (Å²) in [6.45, 7) is 4.58. The number of likely N-dealkylation sites (tertiary alicyclic amines) is 2. The molecule has 6 rings (SSSR count). The van der Waals surface area contributed by atoms with Crippen LogP contribution in [0, 0.1) is 11.7 Å². The van der Waals surface area contributed by atoms with Gasteiger partial charge in [0.15, 0.2) is 0 Å². The van der Waals surface area contributed by atoms with E-state index in [1.54, 1.807) is 29.7 Å². The van der Waals surface area contributed by atoms with Gasteiger partial charge in [0.25, 0.3) is 5.91 Å². The first-order valence-electron chi connectivity index (χ1n) is 12.4. The van der Waals surface area contributed by atoms with E-state index in [0.717, 1.165) is 51.2 Å². The summed E-state index contributed by atoms with van der Waals surface area (Å²) >= 11 is 1.73. The summed E-state index contributed by atoms with van der Waals surface area (Å²) in [4.78, 5) is 22.6. The standard InChI is InChI=1S/C28H29FN4OS/c29-24-5-3-20(4-6-24)21-7-12-31(13-8-21)16-23-17-33(18-26(23)22-9-15-35-19-22)28(34)25-2-1-11-32-14-10-30-27(25)32/h1-6,9-11,14-15,19,21,23,26H,7-8,12-13,16-18H2. The van der Waals surface area contributed by atoms with E-state index in [2.05, 4.69) is 26.7 Å². The number of halogens is 1. The van der Waals surface area contributed by atoms with Gasteiger partial charge in [-0.1, -0.05) is 12.1 Å². The minimum absolute atomic E-state index is 0.0690. The second kappa shape index (κ2) is 9.55. The Morgan fingerprint density at radius 1 is 1.03 bits per heavy atom. The average Bonchev–Trinajstić information content (AvgIpc) is 3.65. The van der Waals surface area contributed by atoms with Crippen LogP contribution in [0.5, 0.6) is 0 Å². The number of aromatic nitrogens is 2. The third-order valence-electron chi connectivity index (χ3n) is 7.77. The lowest BCUT2D eigenvalue weighted by molar-refractivity contribution is 0.0782. The number of pyridine rings is 1. The molecule has 0 aliphatic carbocycles. The monoisotopic (exact) mass is 488 g/mol. The number of fused-ring (bicyclic) bond motifs is 1. The van der Waals surface area contributed by atoms with Gasteiger partial charge in [-0.3, -0.25) is 4.79 Å². The highest BCUT2D eigenvalue weighted by atomic mass is 32.1. The minimum atomic E-state index is -0.171. The molecule has 2 atom stereocenters. The third-order valence-corrected chi connectivity index (χ3v) is 8.47. The molecular formula is C28H29FN4OS. The van der Waals surface area contributed by atoms with Gasteiger partial charge < -0.3 is 14.2 Å². The second-order valence-corrected chi connectivity index (χ2v) is 10.6. The number of rotatable bonds is 5. The fourth-order valence-corrected chi connectivity index (χ4v) is 6.61. The zero-order valence-corrected chi connectivity index (χ0v) is 20.4. The maximum absolute atomic E-state index is 13.6. The molecule has 2 aliphatic heterocycles. The van der Waals surface area contributed by atoms with Crippen molar-refractivity contribution in [2.75, 3.05) is 32.7 Å². The van der Waals surface area contributed by atoms with Gasteiger partial charge in [-0.25, -0.2) is 9.37 Å². The Kier molecular flexibility index (Phi) is 6.12. The Bertz CT molecular complexity index is 1290. The number of carbonyl (C=O) groups excluding carboxylic acids is 1. The summed E-state index contributed by atoms with van der Waals surface area (Å²) in [6.07, 6.45) is 7.72. The Morgan fingerprint density at radius 2 is 1.86 bits per heavy atom. The Morgan fingerprint density at radius 3 is 2.63 bits per heavy atom. The van der Waals surface area contributed by atoms with Crippen LogP contribution in [0.25, 0.3) is 5.65 Å². The number of hydrogen-bond donors (Lipinski definition) is 0.